The smallest absolute Gasteiger partial charge is 0.00104 e. The molecule has 0 spiro atoms. The van der Waals surface area contributed by atoms with Gasteiger partial charge in [-0.15, -0.1) is 0 Å². The maximum Gasteiger partial charge on any atom is 0.00104 e. The summed E-state index contributed by atoms with van der Waals surface area (Å²) in [6.45, 7) is 9.91. The molecule has 0 bridgehead atoms. The van der Waals surface area contributed by atoms with Gasteiger partial charge in [0.25, 0.3) is 0 Å². The highest BCUT2D eigenvalue weighted by molar-refractivity contribution is 4.54. The summed E-state index contributed by atoms with van der Waals surface area (Å²) in [6.07, 6.45) is 0. The van der Waals surface area contributed by atoms with E-state index in [1.807, 2.05) is 0 Å². The van der Waals surface area contributed by atoms with Crippen LogP contribution in [0.25, 0.3) is 0 Å². The van der Waals surface area contributed by atoms with Gasteiger partial charge >= 0.3 is 0 Å². The van der Waals surface area contributed by atoms with Crippen molar-refractivity contribution in [3.63, 3.8) is 0 Å². The summed E-state index contributed by atoms with van der Waals surface area (Å²) in [6, 6.07) is 0.636. The first-order chi connectivity index (χ1) is 3.63. The molecule has 0 fully saturated rings. The molecule has 0 aromatic carbocycles. The fraction of sp³-hybridized carbons (Fsp3) is 1.00. The van der Waals surface area contributed by atoms with Gasteiger partial charge in [0.1, 0.15) is 0 Å². The van der Waals surface area contributed by atoms with Gasteiger partial charge in [0.15, 0.2) is 0 Å². The van der Waals surface area contributed by atoms with Crippen LogP contribution in [0, 0.1) is 5.92 Å². The molecule has 0 atom stereocenters. The number of hydrogen-bond acceptors (Lipinski definition) is 1. The molecule has 1 N–H and O–H groups in total. The normalized spacial score (nSPS) is 10.0. The summed E-state index contributed by atoms with van der Waals surface area (Å²) in [5, 5.41) is 3.34. The Balaban J connectivity index is 0. The van der Waals surface area contributed by atoms with Crippen molar-refractivity contribution in [1.82, 2.24) is 5.32 Å². The summed E-state index contributed by atoms with van der Waals surface area (Å²) < 4.78 is 0. The first-order valence-corrected chi connectivity index (χ1v) is 3.36. The van der Waals surface area contributed by atoms with Crippen molar-refractivity contribution in [1.29, 1.82) is 0 Å². The number of nitrogens with one attached hydrogen (secondary N) is 1. The van der Waals surface area contributed by atoms with Gasteiger partial charge in [0.2, 0.25) is 0 Å². The highest BCUT2D eigenvalue weighted by Crippen LogP contribution is 1.87. The average Bonchev–Trinajstić information content (AvgIpc) is 1.61. The lowest BCUT2D eigenvalue weighted by Crippen LogP contribution is -2.26. The third-order valence-corrected chi connectivity index (χ3v) is 0.934. The Kier molecular flexibility index (Phi) is 7.92. The van der Waals surface area contributed by atoms with Gasteiger partial charge in [-0.25, -0.2) is 0 Å². The summed E-state index contributed by atoms with van der Waals surface area (Å²) >= 11 is 0. The van der Waals surface area contributed by atoms with Gasteiger partial charge in [0.05, 0.1) is 0 Å². The van der Waals surface area contributed by atoms with Crippen LogP contribution in [0.4, 0.5) is 0 Å². The second-order valence-electron chi connectivity index (χ2n) is 2.96. The second-order valence-corrected chi connectivity index (χ2v) is 2.96. The van der Waals surface area contributed by atoms with Gasteiger partial charge in [-0.3, -0.25) is 0 Å². The Labute approximate surface area is 59.8 Å². The average molecular weight is 131 g/mol. The fourth-order valence-electron chi connectivity index (χ4n) is 0.471. The maximum atomic E-state index is 3.34. The van der Waals surface area contributed by atoms with Crippen LogP contribution in [0.2, 0.25) is 0 Å². The molecule has 0 radical (unpaired) electrons. The van der Waals surface area contributed by atoms with Crippen molar-refractivity contribution < 1.29 is 0 Å². The molecule has 58 valence electrons. The van der Waals surface area contributed by atoms with Crippen LogP contribution < -0.4 is 5.32 Å². The zero-order valence-electron chi connectivity index (χ0n) is 6.36. The van der Waals surface area contributed by atoms with E-state index >= 15 is 0 Å². The first-order valence-electron chi connectivity index (χ1n) is 3.36. The van der Waals surface area contributed by atoms with E-state index in [1.165, 1.54) is 0 Å². The van der Waals surface area contributed by atoms with Crippen LogP contribution in [0.15, 0.2) is 0 Å². The zero-order chi connectivity index (χ0) is 6.57. The van der Waals surface area contributed by atoms with Gasteiger partial charge in [-0.2, -0.15) is 0 Å². The Morgan fingerprint density at radius 3 is 1.67 bits per heavy atom. The minimum Gasteiger partial charge on any atom is -0.314 e. The molecule has 0 amide bonds. The standard InChI is InChI=1S/C7H17N.CH4/c1-6(2)5-8-7(3)4;/h6-8H,5H2,1-4H3;1H4. The minimum atomic E-state index is 0. The number of rotatable bonds is 3. The van der Waals surface area contributed by atoms with E-state index in [2.05, 4.69) is 33.0 Å². The lowest BCUT2D eigenvalue weighted by molar-refractivity contribution is 0.505. The Morgan fingerprint density at radius 2 is 1.56 bits per heavy atom. The van der Waals surface area contributed by atoms with Crippen molar-refractivity contribution >= 4 is 0 Å². The molecule has 0 aromatic rings. The van der Waals surface area contributed by atoms with Gasteiger partial charge < -0.3 is 5.32 Å². The van der Waals surface area contributed by atoms with Crippen LogP contribution in [-0.2, 0) is 0 Å². The molecular formula is C8H21N. The fourth-order valence-corrected chi connectivity index (χ4v) is 0.471. The highest BCUT2D eigenvalue weighted by atomic mass is 14.9. The second kappa shape index (κ2) is 6.09. The van der Waals surface area contributed by atoms with Crippen molar-refractivity contribution in [3.8, 4) is 0 Å². The first kappa shape index (κ1) is 11.7. The molecule has 0 aromatic heterocycles. The Bertz CT molecular complexity index is 40.5. The molecule has 0 aliphatic heterocycles. The summed E-state index contributed by atoms with van der Waals surface area (Å²) in [7, 11) is 0. The predicted octanol–water partition coefficient (Wildman–Crippen LogP) is 2.28. The quantitative estimate of drug-likeness (QED) is 0.619. The van der Waals surface area contributed by atoms with Crippen molar-refractivity contribution in [2.24, 2.45) is 5.92 Å². The monoisotopic (exact) mass is 131 g/mol. The van der Waals surface area contributed by atoms with Crippen molar-refractivity contribution in [3.05, 3.63) is 0 Å². The zero-order valence-corrected chi connectivity index (χ0v) is 6.36. The molecular weight excluding hydrogens is 110 g/mol. The molecule has 1 heteroatoms. The van der Waals surface area contributed by atoms with Crippen molar-refractivity contribution in [2.75, 3.05) is 6.54 Å². The Hall–Kier alpha value is -0.0400. The molecule has 0 aliphatic rings. The molecule has 1 nitrogen and oxygen atoms in total. The van der Waals surface area contributed by atoms with E-state index in [1.54, 1.807) is 0 Å². The lowest BCUT2D eigenvalue weighted by Gasteiger charge is -2.09. The minimum absolute atomic E-state index is 0. The summed E-state index contributed by atoms with van der Waals surface area (Å²) in [5.74, 6) is 0.775. The topological polar surface area (TPSA) is 12.0 Å². The van der Waals surface area contributed by atoms with E-state index < -0.39 is 0 Å². The van der Waals surface area contributed by atoms with Crippen LogP contribution in [0.5, 0.6) is 0 Å². The van der Waals surface area contributed by atoms with E-state index in [0.717, 1.165) is 12.5 Å². The molecule has 0 unspecified atom stereocenters. The lowest BCUT2D eigenvalue weighted by atomic mass is 10.2. The van der Waals surface area contributed by atoms with Crippen LogP contribution in [0.3, 0.4) is 0 Å². The molecule has 0 aliphatic carbocycles. The van der Waals surface area contributed by atoms with Crippen LogP contribution >= 0.6 is 0 Å². The highest BCUT2D eigenvalue weighted by Gasteiger charge is 1.93. The third-order valence-electron chi connectivity index (χ3n) is 0.934. The molecule has 0 saturated heterocycles. The predicted molar refractivity (Wildman–Crippen MR) is 44.7 cm³/mol. The SMILES string of the molecule is C.CC(C)CNC(C)C. The summed E-state index contributed by atoms with van der Waals surface area (Å²) in [5.41, 5.74) is 0. The van der Waals surface area contributed by atoms with Crippen LogP contribution in [-0.4, -0.2) is 12.6 Å². The van der Waals surface area contributed by atoms with E-state index in [4.69, 9.17) is 0 Å². The molecule has 9 heavy (non-hydrogen) atoms. The molecule has 0 saturated carbocycles. The number of hydrogen-bond donors (Lipinski definition) is 1. The van der Waals surface area contributed by atoms with E-state index in [9.17, 15) is 0 Å². The summed E-state index contributed by atoms with van der Waals surface area (Å²) in [4.78, 5) is 0. The molecule has 0 heterocycles. The molecule has 0 rings (SSSR count). The maximum absolute atomic E-state index is 3.34. The van der Waals surface area contributed by atoms with E-state index in [0.29, 0.717) is 6.04 Å². The third kappa shape index (κ3) is 11.5. The van der Waals surface area contributed by atoms with Crippen molar-refractivity contribution in [2.45, 2.75) is 41.2 Å². The Morgan fingerprint density at radius 1 is 1.11 bits per heavy atom. The largest absolute Gasteiger partial charge is 0.314 e. The van der Waals surface area contributed by atoms with Gasteiger partial charge in [-0.05, 0) is 12.5 Å². The van der Waals surface area contributed by atoms with Gasteiger partial charge in [0, 0.05) is 6.04 Å². The van der Waals surface area contributed by atoms with E-state index in [-0.39, 0.29) is 7.43 Å². The van der Waals surface area contributed by atoms with Gasteiger partial charge in [-0.1, -0.05) is 35.1 Å². The van der Waals surface area contributed by atoms with Crippen LogP contribution in [0.1, 0.15) is 35.1 Å².